The normalized spacial score (nSPS) is 15.5. The van der Waals surface area contributed by atoms with Crippen LogP contribution in [0.2, 0.25) is 0 Å². The zero-order chi connectivity index (χ0) is 20.3. The Morgan fingerprint density at radius 2 is 2.00 bits per heavy atom. The molecule has 1 aliphatic heterocycles. The van der Waals surface area contributed by atoms with Crippen molar-refractivity contribution in [2.24, 2.45) is 4.99 Å². The Morgan fingerprint density at radius 3 is 2.70 bits per heavy atom. The number of aromatic nitrogens is 2. The maximum atomic E-state index is 5.64. The number of rotatable bonds is 10. The standard InChI is InChI=1S/C22H34N6O.HI/c1-3-23-22(24-12-8-16-28-17-9-13-26-28)25-18-20(27-14-6-7-15-27)19-10-4-5-11-21(19)29-2;/h4-5,9-11,13,17,20H,3,6-8,12,14-16,18H2,1-2H3,(H2,23,24,25);1H. The summed E-state index contributed by atoms with van der Waals surface area (Å²) in [6.45, 7) is 7.63. The van der Waals surface area contributed by atoms with Gasteiger partial charge in [0.2, 0.25) is 0 Å². The average molecular weight is 526 g/mol. The number of benzene rings is 1. The van der Waals surface area contributed by atoms with Crippen molar-refractivity contribution >= 4 is 29.9 Å². The van der Waals surface area contributed by atoms with E-state index in [1.165, 1.54) is 18.4 Å². The van der Waals surface area contributed by atoms with Crippen molar-refractivity contribution in [3.63, 3.8) is 0 Å². The van der Waals surface area contributed by atoms with E-state index in [2.05, 4.69) is 39.7 Å². The highest BCUT2D eigenvalue weighted by Gasteiger charge is 2.25. The third-order valence-electron chi connectivity index (χ3n) is 5.26. The van der Waals surface area contributed by atoms with Crippen molar-refractivity contribution in [3.8, 4) is 5.75 Å². The zero-order valence-electron chi connectivity index (χ0n) is 18.1. The van der Waals surface area contributed by atoms with Crippen LogP contribution < -0.4 is 15.4 Å². The molecule has 0 amide bonds. The number of hydrogen-bond acceptors (Lipinski definition) is 4. The number of halogens is 1. The van der Waals surface area contributed by atoms with E-state index in [-0.39, 0.29) is 30.0 Å². The van der Waals surface area contributed by atoms with Crippen LogP contribution >= 0.6 is 24.0 Å². The first-order chi connectivity index (χ1) is 14.3. The minimum absolute atomic E-state index is 0. The first-order valence-corrected chi connectivity index (χ1v) is 10.7. The predicted octanol–water partition coefficient (Wildman–Crippen LogP) is 3.29. The Kier molecular flexibility index (Phi) is 11.0. The van der Waals surface area contributed by atoms with E-state index < -0.39 is 0 Å². The van der Waals surface area contributed by atoms with Crippen molar-refractivity contribution in [2.45, 2.75) is 38.8 Å². The van der Waals surface area contributed by atoms with Gasteiger partial charge in [0, 0.05) is 37.6 Å². The molecule has 0 spiro atoms. The summed E-state index contributed by atoms with van der Waals surface area (Å²) in [5.74, 6) is 1.81. The highest BCUT2D eigenvalue weighted by Crippen LogP contribution is 2.31. The molecule has 7 nitrogen and oxygen atoms in total. The van der Waals surface area contributed by atoms with Gasteiger partial charge in [-0.05, 0) is 51.4 Å². The summed E-state index contributed by atoms with van der Waals surface area (Å²) >= 11 is 0. The lowest BCUT2D eigenvalue weighted by atomic mass is 10.0. The Labute approximate surface area is 197 Å². The first-order valence-electron chi connectivity index (χ1n) is 10.7. The molecule has 2 aromatic rings. The summed E-state index contributed by atoms with van der Waals surface area (Å²) in [5, 5.41) is 11.1. The van der Waals surface area contributed by atoms with Crippen molar-refractivity contribution in [1.82, 2.24) is 25.3 Å². The van der Waals surface area contributed by atoms with Crippen molar-refractivity contribution in [3.05, 3.63) is 48.3 Å². The molecule has 1 atom stereocenters. The first kappa shape index (κ1) is 24.5. The van der Waals surface area contributed by atoms with E-state index in [4.69, 9.17) is 9.73 Å². The van der Waals surface area contributed by atoms with Gasteiger partial charge in [0.15, 0.2) is 5.96 Å². The fourth-order valence-corrected chi connectivity index (χ4v) is 3.81. The lowest BCUT2D eigenvalue weighted by Gasteiger charge is -2.28. The molecule has 3 rings (SSSR count). The van der Waals surface area contributed by atoms with Crippen LogP contribution in [0.15, 0.2) is 47.7 Å². The van der Waals surface area contributed by atoms with Crippen LogP contribution in [-0.2, 0) is 6.54 Å². The number of aryl methyl sites for hydroxylation is 1. The van der Waals surface area contributed by atoms with Gasteiger partial charge in [-0.1, -0.05) is 18.2 Å². The number of nitrogens with one attached hydrogen (secondary N) is 2. The van der Waals surface area contributed by atoms with Crippen molar-refractivity contribution in [1.29, 1.82) is 0 Å². The molecular formula is C22H35IN6O. The lowest BCUT2D eigenvalue weighted by Crippen LogP contribution is -2.39. The molecule has 8 heteroatoms. The number of aliphatic imine (C=N–C) groups is 1. The van der Waals surface area contributed by atoms with E-state index in [1.807, 2.05) is 35.3 Å². The molecule has 2 heterocycles. The fourth-order valence-electron chi connectivity index (χ4n) is 3.81. The van der Waals surface area contributed by atoms with Gasteiger partial charge in [0.05, 0.1) is 19.7 Å². The van der Waals surface area contributed by atoms with Crippen molar-refractivity contribution in [2.75, 3.05) is 39.8 Å². The van der Waals surface area contributed by atoms with Crippen LogP contribution in [0.25, 0.3) is 0 Å². The van der Waals surface area contributed by atoms with Gasteiger partial charge < -0.3 is 15.4 Å². The van der Waals surface area contributed by atoms with Crippen LogP contribution in [0.5, 0.6) is 5.75 Å². The summed E-state index contributed by atoms with van der Waals surface area (Å²) in [6, 6.07) is 10.5. The summed E-state index contributed by atoms with van der Waals surface area (Å²) < 4.78 is 7.60. The Bertz CT molecular complexity index is 746. The third-order valence-corrected chi connectivity index (χ3v) is 5.26. The zero-order valence-corrected chi connectivity index (χ0v) is 20.4. The molecule has 0 aliphatic carbocycles. The maximum absolute atomic E-state index is 5.64. The molecule has 0 saturated carbocycles. The quantitative estimate of drug-likeness (QED) is 0.215. The lowest BCUT2D eigenvalue weighted by molar-refractivity contribution is 0.245. The smallest absolute Gasteiger partial charge is 0.191 e. The largest absolute Gasteiger partial charge is 0.496 e. The van der Waals surface area contributed by atoms with E-state index in [9.17, 15) is 0 Å². The molecule has 1 aliphatic rings. The van der Waals surface area contributed by atoms with Gasteiger partial charge in [-0.15, -0.1) is 24.0 Å². The second kappa shape index (κ2) is 13.5. The van der Waals surface area contributed by atoms with Gasteiger partial charge in [0.1, 0.15) is 5.75 Å². The SMILES string of the molecule is CCNC(=NCC(c1ccccc1OC)N1CCCC1)NCCCn1cccn1.I. The van der Waals surface area contributed by atoms with Gasteiger partial charge in [-0.2, -0.15) is 5.10 Å². The molecule has 1 unspecified atom stereocenters. The number of para-hydroxylation sites is 1. The van der Waals surface area contributed by atoms with Gasteiger partial charge in [0.25, 0.3) is 0 Å². The Morgan fingerprint density at radius 1 is 1.20 bits per heavy atom. The molecule has 0 bridgehead atoms. The fraction of sp³-hybridized carbons (Fsp3) is 0.545. The molecule has 30 heavy (non-hydrogen) atoms. The topological polar surface area (TPSA) is 66.7 Å². The monoisotopic (exact) mass is 526 g/mol. The summed E-state index contributed by atoms with van der Waals surface area (Å²) in [5.41, 5.74) is 1.22. The molecule has 166 valence electrons. The van der Waals surface area contributed by atoms with E-state index in [0.717, 1.165) is 50.9 Å². The van der Waals surface area contributed by atoms with Crippen LogP contribution in [0.3, 0.4) is 0 Å². The molecular weight excluding hydrogens is 491 g/mol. The number of methoxy groups -OCH3 is 1. The van der Waals surface area contributed by atoms with Gasteiger partial charge >= 0.3 is 0 Å². The minimum atomic E-state index is 0. The number of hydrogen-bond donors (Lipinski definition) is 2. The molecule has 1 saturated heterocycles. The number of nitrogens with zero attached hydrogens (tertiary/aromatic N) is 4. The Hall–Kier alpha value is -1.81. The van der Waals surface area contributed by atoms with Crippen LogP contribution in [0.1, 0.15) is 37.8 Å². The molecule has 2 N–H and O–H groups in total. The van der Waals surface area contributed by atoms with E-state index >= 15 is 0 Å². The number of likely N-dealkylation sites (tertiary alicyclic amines) is 1. The minimum Gasteiger partial charge on any atom is -0.496 e. The van der Waals surface area contributed by atoms with Crippen molar-refractivity contribution < 1.29 is 4.74 Å². The van der Waals surface area contributed by atoms with E-state index in [1.54, 1.807) is 7.11 Å². The molecule has 1 aromatic carbocycles. The maximum Gasteiger partial charge on any atom is 0.191 e. The second-order valence-corrected chi connectivity index (χ2v) is 7.27. The predicted molar refractivity (Wildman–Crippen MR) is 133 cm³/mol. The Balaban J connectivity index is 0.00000320. The summed E-state index contributed by atoms with van der Waals surface area (Å²) in [6.07, 6.45) is 7.30. The van der Waals surface area contributed by atoms with Crippen LogP contribution in [0, 0.1) is 0 Å². The highest BCUT2D eigenvalue weighted by molar-refractivity contribution is 14.0. The molecule has 1 fully saturated rings. The number of ether oxygens (including phenoxy) is 1. The highest BCUT2D eigenvalue weighted by atomic mass is 127. The van der Waals surface area contributed by atoms with Crippen LogP contribution in [0.4, 0.5) is 0 Å². The number of guanidine groups is 1. The van der Waals surface area contributed by atoms with Gasteiger partial charge in [-0.25, -0.2) is 0 Å². The van der Waals surface area contributed by atoms with Crippen LogP contribution in [-0.4, -0.2) is 60.5 Å². The van der Waals surface area contributed by atoms with E-state index in [0.29, 0.717) is 6.54 Å². The third kappa shape index (κ3) is 7.16. The van der Waals surface area contributed by atoms with Gasteiger partial charge in [-0.3, -0.25) is 14.6 Å². The average Bonchev–Trinajstić information content (AvgIpc) is 3.46. The molecule has 0 radical (unpaired) electrons. The summed E-state index contributed by atoms with van der Waals surface area (Å²) in [7, 11) is 1.74. The summed E-state index contributed by atoms with van der Waals surface area (Å²) in [4.78, 5) is 7.45. The molecule has 1 aromatic heterocycles. The second-order valence-electron chi connectivity index (χ2n) is 7.27.